The van der Waals surface area contributed by atoms with E-state index in [1.54, 1.807) is 0 Å². The van der Waals surface area contributed by atoms with Gasteiger partial charge in [0.25, 0.3) is 0 Å². The van der Waals surface area contributed by atoms with Crippen molar-refractivity contribution >= 4 is 5.69 Å². The smallest absolute Gasteiger partial charge is 0.0893 e. The fraction of sp³-hybridized carbons (Fsp3) is 0.600. The summed E-state index contributed by atoms with van der Waals surface area (Å²) < 4.78 is 6.32. The fourth-order valence-electron chi connectivity index (χ4n) is 4.55. The number of benzene rings is 1. The van der Waals surface area contributed by atoms with Gasteiger partial charge in [0, 0.05) is 31.1 Å². The van der Waals surface area contributed by atoms with Crippen LogP contribution in [-0.4, -0.2) is 32.4 Å². The molecule has 1 aromatic rings. The Balaban J connectivity index is 1.95. The maximum absolute atomic E-state index is 10.1. The van der Waals surface area contributed by atoms with E-state index >= 15 is 0 Å². The first-order valence-electron chi connectivity index (χ1n) is 8.59. The molecule has 1 heterocycles. The van der Waals surface area contributed by atoms with Gasteiger partial charge in [-0.1, -0.05) is 37.6 Å². The first-order chi connectivity index (χ1) is 10.9. The minimum Gasteiger partial charge on any atom is -0.396 e. The first-order valence-corrected chi connectivity index (χ1v) is 8.59. The SMILES string of the molecule is CC1=C[C@H](C)[C@@]2(CO)CO[C@H](c3ccc(N(C)C)cc3)[C@@H]1[C@@H]2C. The van der Waals surface area contributed by atoms with Crippen molar-refractivity contribution in [1.29, 1.82) is 0 Å². The Morgan fingerprint density at radius 3 is 2.43 bits per heavy atom. The normalized spacial score (nSPS) is 36.5. The monoisotopic (exact) mass is 315 g/mol. The van der Waals surface area contributed by atoms with Gasteiger partial charge in [0.2, 0.25) is 0 Å². The van der Waals surface area contributed by atoms with Gasteiger partial charge in [-0.25, -0.2) is 0 Å². The van der Waals surface area contributed by atoms with Crippen LogP contribution in [0.4, 0.5) is 5.69 Å². The maximum atomic E-state index is 10.1. The number of hydrogen-bond acceptors (Lipinski definition) is 3. The Morgan fingerprint density at radius 2 is 1.87 bits per heavy atom. The molecule has 0 spiro atoms. The van der Waals surface area contributed by atoms with Gasteiger partial charge >= 0.3 is 0 Å². The van der Waals surface area contributed by atoms with Gasteiger partial charge in [0.15, 0.2) is 0 Å². The molecule has 0 amide bonds. The second-order valence-electron chi connectivity index (χ2n) is 7.62. The lowest BCUT2D eigenvalue weighted by atomic mass is 9.56. The van der Waals surface area contributed by atoms with E-state index in [1.807, 2.05) is 0 Å². The molecule has 2 aliphatic rings. The molecule has 0 aromatic heterocycles. The van der Waals surface area contributed by atoms with Crippen LogP contribution in [0, 0.1) is 23.2 Å². The van der Waals surface area contributed by atoms with Crippen molar-refractivity contribution in [2.45, 2.75) is 26.9 Å². The average Bonchev–Trinajstić information content (AvgIpc) is 2.53. The van der Waals surface area contributed by atoms with Crippen molar-refractivity contribution in [1.82, 2.24) is 0 Å². The molecule has 1 aromatic carbocycles. The van der Waals surface area contributed by atoms with Gasteiger partial charge in [-0.3, -0.25) is 0 Å². The molecule has 2 bridgehead atoms. The molecule has 1 N–H and O–H groups in total. The number of hydrogen-bond donors (Lipinski definition) is 1. The van der Waals surface area contributed by atoms with Crippen LogP contribution in [0.2, 0.25) is 0 Å². The second-order valence-corrected chi connectivity index (χ2v) is 7.62. The number of allylic oxidation sites excluding steroid dienone is 1. The predicted octanol–water partition coefficient (Wildman–Crippen LogP) is 3.65. The Hall–Kier alpha value is -1.32. The lowest BCUT2D eigenvalue weighted by Gasteiger charge is -2.55. The van der Waals surface area contributed by atoms with E-state index in [4.69, 9.17) is 4.74 Å². The van der Waals surface area contributed by atoms with E-state index in [2.05, 4.69) is 70.1 Å². The summed E-state index contributed by atoms with van der Waals surface area (Å²) >= 11 is 0. The molecule has 0 saturated carbocycles. The number of aliphatic hydroxyl groups excluding tert-OH is 1. The third-order valence-electron chi connectivity index (χ3n) is 6.28. The summed E-state index contributed by atoms with van der Waals surface area (Å²) in [7, 11) is 4.11. The third-order valence-corrected chi connectivity index (χ3v) is 6.28. The van der Waals surface area contributed by atoms with E-state index in [0.29, 0.717) is 24.4 Å². The molecule has 3 heteroatoms. The van der Waals surface area contributed by atoms with Crippen LogP contribution < -0.4 is 4.90 Å². The van der Waals surface area contributed by atoms with Gasteiger partial charge in [-0.15, -0.1) is 0 Å². The first kappa shape index (κ1) is 16.5. The van der Waals surface area contributed by atoms with Crippen molar-refractivity contribution in [2.75, 3.05) is 32.2 Å². The molecular formula is C20H29NO2. The minimum atomic E-state index is -0.135. The Kier molecular flexibility index (Phi) is 4.28. The summed E-state index contributed by atoms with van der Waals surface area (Å²) in [5.74, 6) is 1.12. The fourth-order valence-corrected chi connectivity index (χ4v) is 4.55. The molecule has 3 nitrogen and oxygen atoms in total. The number of anilines is 1. The van der Waals surface area contributed by atoms with Crippen LogP contribution in [0.5, 0.6) is 0 Å². The molecule has 1 aliphatic carbocycles. The van der Waals surface area contributed by atoms with E-state index in [9.17, 15) is 5.11 Å². The van der Waals surface area contributed by atoms with Gasteiger partial charge < -0.3 is 14.7 Å². The molecular weight excluding hydrogens is 286 g/mol. The summed E-state index contributed by atoms with van der Waals surface area (Å²) in [5.41, 5.74) is 3.70. The highest BCUT2D eigenvalue weighted by Crippen LogP contribution is 2.55. The van der Waals surface area contributed by atoms with Gasteiger partial charge in [-0.05, 0) is 36.5 Å². The lowest BCUT2D eigenvalue weighted by molar-refractivity contribution is -0.165. The van der Waals surface area contributed by atoms with Crippen molar-refractivity contribution < 1.29 is 9.84 Å². The lowest BCUT2D eigenvalue weighted by Crippen LogP contribution is -2.53. The zero-order valence-corrected chi connectivity index (χ0v) is 14.9. The van der Waals surface area contributed by atoms with Crippen LogP contribution >= 0.6 is 0 Å². The number of fused-ring (bicyclic) bond motifs is 2. The summed E-state index contributed by atoms with van der Waals surface area (Å²) in [6.45, 7) is 7.54. The molecule has 1 saturated heterocycles. The highest BCUT2D eigenvalue weighted by atomic mass is 16.5. The molecule has 0 radical (unpaired) electrons. The summed E-state index contributed by atoms with van der Waals surface area (Å²) in [6.07, 6.45) is 2.44. The average molecular weight is 315 g/mol. The molecule has 23 heavy (non-hydrogen) atoms. The zero-order valence-electron chi connectivity index (χ0n) is 14.9. The molecule has 3 rings (SSSR count). The quantitative estimate of drug-likeness (QED) is 0.864. The Labute approximate surface area is 140 Å². The molecule has 0 unspecified atom stereocenters. The highest BCUT2D eigenvalue weighted by Gasteiger charge is 2.53. The Morgan fingerprint density at radius 1 is 1.22 bits per heavy atom. The van der Waals surface area contributed by atoms with Gasteiger partial charge in [0.1, 0.15) is 0 Å². The molecule has 126 valence electrons. The van der Waals surface area contributed by atoms with Crippen molar-refractivity contribution in [3.05, 3.63) is 41.5 Å². The number of aliphatic hydroxyl groups is 1. The van der Waals surface area contributed by atoms with E-state index in [0.717, 1.165) is 0 Å². The van der Waals surface area contributed by atoms with Gasteiger partial charge in [0.05, 0.1) is 19.3 Å². The minimum absolute atomic E-state index is 0.0876. The highest BCUT2D eigenvalue weighted by molar-refractivity contribution is 5.46. The van der Waals surface area contributed by atoms with Crippen molar-refractivity contribution in [2.24, 2.45) is 23.2 Å². The molecule has 5 atom stereocenters. The van der Waals surface area contributed by atoms with Crippen LogP contribution in [-0.2, 0) is 4.74 Å². The Bertz CT molecular complexity index is 592. The largest absolute Gasteiger partial charge is 0.396 e. The summed E-state index contributed by atoms with van der Waals surface area (Å²) in [6, 6.07) is 8.68. The van der Waals surface area contributed by atoms with E-state index < -0.39 is 0 Å². The maximum Gasteiger partial charge on any atom is 0.0893 e. The zero-order chi connectivity index (χ0) is 16.8. The third kappa shape index (κ3) is 2.50. The molecule has 1 fully saturated rings. The molecule has 1 aliphatic heterocycles. The topological polar surface area (TPSA) is 32.7 Å². The van der Waals surface area contributed by atoms with Crippen LogP contribution in [0.1, 0.15) is 32.4 Å². The van der Waals surface area contributed by atoms with Crippen molar-refractivity contribution in [3.8, 4) is 0 Å². The van der Waals surface area contributed by atoms with Crippen LogP contribution in [0.3, 0.4) is 0 Å². The van der Waals surface area contributed by atoms with E-state index in [1.165, 1.54) is 16.8 Å². The van der Waals surface area contributed by atoms with Crippen molar-refractivity contribution in [3.63, 3.8) is 0 Å². The summed E-state index contributed by atoms with van der Waals surface area (Å²) in [4.78, 5) is 2.11. The summed E-state index contributed by atoms with van der Waals surface area (Å²) in [5, 5.41) is 10.1. The second kappa shape index (κ2) is 5.95. The number of ether oxygens (including phenoxy) is 1. The van der Waals surface area contributed by atoms with Crippen LogP contribution in [0.15, 0.2) is 35.9 Å². The predicted molar refractivity (Wildman–Crippen MR) is 94.6 cm³/mol. The standard InChI is InChI=1S/C20H29NO2/c1-13-10-14(2)20(11-22)12-23-19(18(13)15(20)3)16-6-8-17(9-7-16)21(4)5/h6-10,14-15,18-19,22H,11-12H2,1-5H3/t14-,15-,18-,19+,20+/m0/s1. The van der Waals surface area contributed by atoms with Gasteiger partial charge in [-0.2, -0.15) is 0 Å². The van der Waals surface area contributed by atoms with E-state index in [-0.39, 0.29) is 18.1 Å². The number of rotatable bonds is 3. The van der Waals surface area contributed by atoms with Crippen LogP contribution in [0.25, 0.3) is 0 Å². The number of nitrogens with zero attached hydrogens (tertiary/aromatic N) is 1.